The lowest BCUT2D eigenvalue weighted by Gasteiger charge is -2.27. The van der Waals surface area contributed by atoms with Gasteiger partial charge in [0, 0.05) is 62.4 Å². The Morgan fingerprint density at radius 3 is 2.03 bits per heavy atom. The van der Waals surface area contributed by atoms with Crippen LogP contribution in [0.1, 0.15) is 46.0 Å². The highest BCUT2D eigenvalue weighted by Gasteiger charge is 2.32. The molecule has 0 spiro atoms. The molecule has 0 fully saturated rings. The maximum absolute atomic E-state index is 13.0. The lowest BCUT2D eigenvalue weighted by atomic mass is 9.94. The minimum absolute atomic E-state index is 0.0218. The van der Waals surface area contributed by atoms with E-state index in [2.05, 4.69) is 0 Å². The number of nitrogens with zero attached hydrogens (tertiary/aromatic N) is 3. The molecule has 1 aliphatic rings. The molecule has 170 valence electrons. The third-order valence-electron chi connectivity index (χ3n) is 6.19. The van der Waals surface area contributed by atoms with Gasteiger partial charge in [-0.1, -0.05) is 36.4 Å². The molecular formula is C27H29N3O3. The van der Waals surface area contributed by atoms with Crippen LogP contribution in [0.3, 0.4) is 0 Å². The average molecular weight is 444 g/mol. The zero-order valence-corrected chi connectivity index (χ0v) is 19.4. The van der Waals surface area contributed by atoms with E-state index in [4.69, 9.17) is 0 Å². The van der Waals surface area contributed by atoms with E-state index in [0.717, 1.165) is 22.0 Å². The first-order chi connectivity index (χ1) is 15.9. The molecule has 3 amide bonds. The van der Waals surface area contributed by atoms with Gasteiger partial charge in [0.05, 0.1) is 0 Å². The minimum atomic E-state index is -0.287. The van der Waals surface area contributed by atoms with Crippen molar-refractivity contribution in [3.8, 4) is 0 Å². The molecule has 1 aliphatic heterocycles. The zero-order chi connectivity index (χ0) is 23.5. The van der Waals surface area contributed by atoms with Crippen LogP contribution in [0.15, 0.2) is 60.7 Å². The second-order valence-corrected chi connectivity index (χ2v) is 8.54. The van der Waals surface area contributed by atoms with Crippen LogP contribution in [-0.4, -0.2) is 54.7 Å². The van der Waals surface area contributed by atoms with Crippen molar-refractivity contribution in [3.05, 3.63) is 77.4 Å². The lowest BCUT2D eigenvalue weighted by Crippen LogP contribution is -2.41. The molecule has 33 heavy (non-hydrogen) atoms. The summed E-state index contributed by atoms with van der Waals surface area (Å²) >= 11 is 0. The van der Waals surface area contributed by atoms with Crippen LogP contribution >= 0.6 is 0 Å². The number of hydrogen-bond donors (Lipinski definition) is 0. The van der Waals surface area contributed by atoms with E-state index in [0.29, 0.717) is 30.6 Å². The topological polar surface area (TPSA) is 60.9 Å². The second kappa shape index (κ2) is 9.45. The molecule has 0 N–H and O–H groups in total. The van der Waals surface area contributed by atoms with E-state index in [-0.39, 0.29) is 30.7 Å². The average Bonchev–Trinajstić information content (AvgIpc) is 2.83. The molecule has 6 nitrogen and oxygen atoms in total. The van der Waals surface area contributed by atoms with Gasteiger partial charge in [-0.05, 0) is 48.6 Å². The fourth-order valence-corrected chi connectivity index (χ4v) is 4.33. The summed E-state index contributed by atoms with van der Waals surface area (Å²) in [5, 5.41) is 1.61. The van der Waals surface area contributed by atoms with Crippen molar-refractivity contribution in [2.24, 2.45) is 0 Å². The van der Waals surface area contributed by atoms with Crippen LogP contribution < -0.4 is 4.90 Å². The van der Waals surface area contributed by atoms with Crippen molar-refractivity contribution in [3.63, 3.8) is 0 Å². The Labute approximate surface area is 194 Å². The van der Waals surface area contributed by atoms with E-state index in [1.54, 1.807) is 17.0 Å². The molecule has 0 radical (unpaired) electrons. The Hall–Kier alpha value is -3.67. The quantitative estimate of drug-likeness (QED) is 0.486. The molecule has 0 atom stereocenters. The zero-order valence-electron chi connectivity index (χ0n) is 19.4. The fourth-order valence-electron chi connectivity index (χ4n) is 4.33. The number of imide groups is 1. The van der Waals surface area contributed by atoms with Crippen LogP contribution in [0.2, 0.25) is 0 Å². The van der Waals surface area contributed by atoms with Gasteiger partial charge in [-0.2, -0.15) is 0 Å². The van der Waals surface area contributed by atoms with Gasteiger partial charge < -0.3 is 9.80 Å². The Bertz CT molecular complexity index is 1150. The van der Waals surface area contributed by atoms with Crippen molar-refractivity contribution < 1.29 is 14.4 Å². The smallest absolute Gasteiger partial charge is 0.261 e. The molecule has 3 aromatic rings. The van der Waals surface area contributed by atoms with Gasteiger partial charge in [-0.15, -0.1) is 0 Å². The highest BCUT2D eigenvalue weighted by atomic mass is 16.2. The maximum atomic E-state index is 13.0. The van der Waals surface area contributed by atoms with Gasteiger partial charge >= 0.3 is 0 Å². The van der Waals surface area contributed by atoms with Crippen LogP contribution in [0, 0.1) is 0 Å². The molecule has 0 saturated heterocycles. The van der Waals surface area contributed by atoms with Gasteiger partial charge in [0.2, 0.25) is 5.91 Å². The summed E-state index contributed by atoms with van der Waals surface area (Å²) in [6, 6.07) is 19.2. The van der Waals surface area contributed by atoms with Gasteiger partial charge in [0.1, 0.15) is 0 Å². The van der Waals surface area contributed by atoms with Crippen molar-refractivity contribution in [2.45, 2.75) is 26.3 Å². The van der Waals surface area contributed by atoms with Crippen molar-refractivity contribution in [1.82, 2.24) is 9.80 Å². The molecule has 0 aromatic heterocycles. The number of carbonyl (C=O) groups is 3. The highest BCUT2D eigenvalue weighted by molar-refractivity contribution is 6.25. The van der Waals surface area contributed by atoms with E-state index in [1.165, 1.54) is 4.90 Å². The molecular weight excluding hydrogens is 414 g/mol. The predicted octanol–water partition coefficient (Wildman–Crippen LogP) is 4.33. The number of amides is 3. The molecule has 0 unspecified atom stereocenters. The number of anilines is 1. The SMILES string of the molecule is CCN(Cc1ccc(N(C)C)cc1)C(=O)CCCN1C(=O)c2cccc3cccc(c23)C1=O. The summed E-state index contributed by atoms with van der Waals surface area (Å²) in [4.78, 5) is 44.0. The lowest BCUT2D eigenvalue weighted by molar-refractivity contribution is -0.131. The normalized spacial score (nSPS) is 12.9. The molecule has 0 aliphatic carbocycles. The van der Waals surface area contributed by atoms with Gasteiger partial charge in [0.25, 0.3) is 11.8 Å². The summed E-state index contributed by atoms with van der Waals surface area (Å²) in [7, 11) is 3.99. The predicted molar refractivity (Wildman–Crippen MR) is 130 cm³/mol. The summed E-state index contributed by atoms with van der Waals surface area (Å²) in [5.41, 5.74) is 3.28. The van der Waals surface area contributed by atoms with Gasteiger partial charge in [-0.25, -0.2) is 0 Å². The van der Waals surface area contributed by atoms with Crippen LogP contribution in [0.4, 0.5) is 5.69 Å². The highest BCUT2D eigenvalue weighted by Crippen LogP contribution is 2.30. The number of carbonyl (C=O) groups excluding carboxylic acids is 3. The summed E-state index contributed by atoms with van der Waals surface area (Å²) in [6.07, 6.45) is 0.719. The minimum Gasteiger partial charge on any atom is -0.378 e. The Balaban J connectivity index is 1.38. The van der Waals surface area contributed by atoms with Crippen molar-refractivity contribution in [1.29, 1.82) is 0 Å². The first-order valence-electron chi connectivity index (χ1n) is 11.3. The Morgan fingerprint density at radius 1 is 0.879 bits per heavy atom. The number of benzene rings is 3. The third-order valence-corrected chi connectivity index (χ3v) is 6.19. The molecule has 4 rings (SSSR count). The first-order valence-corrected chi connectivity index (χ1v) is 11.3. The fraction of sp³-hybridized carbons (Fsp3) is 0.296. The van der Waals surface area contributed by atoms with E-state index < -0.39 is 0 Å². The van der Waals surface area contributed by atoms with Crippen LogP contribution in [0.5, 0.6) is 0 Å². The van der Waals surface area contributed by atoms with E-state index in [9.17, 15) is 14.4 Å². The van der Waals surface area contributed by atoms with E-state index in [1.807, 2.05) is 74.4 Å². The molecule has 3 aromatic carbocycles. The monoisotopic (exact) mass is 443 g/mol. The van der Waals surface area contributed by atoms with Crippen LogP contribution in [0.25, 0.3) is 10.8 Å². The molecule has 0 bridgehead atoms. The number of hydrogen-bond acceptors (Lipinski definition) is 4. The maximum Gasteiger partial charge on any atom is 0.261 e. The Kier molecular flexibility index (Phi) is 6.45. The summed E-state index contributed by atoms with van der Waals surface area (Å²) in [6.45, 7) is 3.33. The molecule has 1 heterocycles. The summed E-state index contributed by atoms with van der Waals surface area (Å²) in [5.74, 6) is -0.552. The van der Waals surface area contributed by atoms with E-state index >= 15 is 0 Å². The first kappa shape index (κ1) is 22.5. The van der Waals surface area contributed by atoms with Crippen molar-refractivity contribution in [2.75, 3.05) is 32.1 Å². The van der Waals surface area contributed by atoms with Crippen LogP contribution in [-0.2, 0) is 11.3 Å². The standard InChI is InChI=1S/C27H29N3O3/c1-4-29(18-19-13-15-21(16-14-19)28(2)3)24(31)12-7-17-30-26(32)22-10-5-8-20-9-6-11-23(25(20)22)27(30)33/h5-6,8-11,13-16H,4,7,12,17-18H2,1-3H3. The largest absolute Gasteiger partial charge is 0.378 e. The van der Waals surface area contributed by atoms with Crippen molar-refractivity contribution >= 4 is 34.2 Å². The third kappa shape index (κ3) is 4.46. The number of rotatable bonds is 8. The molecule has 0 saturated carbocycles. The van der Waals surface area contributed by atoms with Gasteiger partial charge in [-0.3, -0.25) is 19.3 Å². The van der Waals surface area contributed by atoms with Gasteiger partial charge in [0.15, 0.2) is 0 Å². The molecule has 6 heteroatoms. The Morgan fingerprint density at radius 2 is 1.48 bits per heavy atom. The summed E-state index contributed by atoms with van der Waals surface area (Å²) < 4.78 is 0. The second-order valence-electron chi connectivity index (χ2n) is 8.54.